The fourth-order valence-electron chi connectivity index (χ4n) is 2.66. The summed E-state index contributed by atoms with van der Waals surface area (Å²) in [6.07, 6.45) is 5.81. The van der Waals surface area contributed by atoms with Crippen LogP contribution in [0.25, 0.3) is 0 Å². The molecule has 1 aliphatic rings. The Kier molecular flexibility index (Phi) is 4.70. The number of amides is 2. The second kappa shape index (κ2) is 7.09. The molecule has 6 nitrogen and oxygen atoms in total. The van der Waals surface area contributed by atoms with Gasteiger partial charge in [0, 0.05) is 30.7 Å². The fraction of sp³-hybridized carbons (Fsp3) is 0.375. The Bertz CT molecular complexity index is 605. The van der Waals surface area contributed by atoms with Gasteiger partial charge in [0.15, 0.2) is 0 Å². The second-order valence-electron chi connectivity index (χ2n) is 5.55. The normalized spacial score (nSPS) is 17.9. The van der Waals surface area contributed by atoms with Crippen LogP contribution in [0.5, 0.6) is 0 Å². The lowest BCUT2D eigenvalue weighted by molar-refractivity contribution is 0.245. The third-order valence-electron chi connectivity index (χ3n) is 3.72. The van der Waals surface area contributed by atoms with E-state index in [4.69, 9.17) is 0 Å². The van der Waals surface area contributed by atoms with Crippen molar-refractivity contribution in [3.05, 3.63) is 48.3 Å². The van der Waals surface area contributed by atoms with E-state index in [-0.39, 0.29) is 12.1 Å². The minimum absolute atomic E-state index is 0.148. The number of hydrogen-bond donors (Lipinski definition) is 3. The van der Waals surface area contributed by atoms with Crippen LogP contribution in [0.1, 0.15) is 18.4 Å². The van der Waals surface area contributed by atoms with E-state index in [1.54, 1.807) is 6.20 Å². The molecule has 3 rings (SSSR count). The fourth-order valence-corrected chi connectivity index (χ4v) is 2.66. The van der Waals surface area contributed by atoms with E-state index in [1.807, 2.05) is 41.2 Å². The van der Waals surface area contributed by atoms with E-state index in [2.05, 4.69) is 21.0 Å². The molecule has 0 aliphatic carbocycles. The molecule has 1 saturated heterocycles. The van der Waals surface area contributed by atoms with Crippen LogP contribution in [0.3, 0.4) is 0 Å². The van der Waals surface area contributed by atoms with Gasteiger partial charge in [-0.05, 0) is 43.1 Å². The maximum atomic E-state index is 12.0. The van der Waals surface area contributed by atoms with Gasteiger partial charge < -0.3 is 16.0 Å². The first-order valence-corrected chi connectivity index (χ1v) is 7.64. The van der Waals surface area contributed by atoms with Crippen LogP contribution in [-0.2, 0) is 6.54 Å². The number of benzene rings is 1. The van der Waals surface area contributed by atoms with Crippen molar-refractivity contribution in [1.82, 2.24) is 20.4 Å². The van der Waals surface area contributed by atoms with Gasteiger partial charge in [-0.25, -0.2) is 4.79 Å². The highest BCUT2D eigenvalue weighted by Crippen LogP contribution is 2.12. The van der Waals surface area contributed by atoms with Gasteiger partial charge in [-0.1, -0.05) is 12.1 Å². The summed E-state index contributed by atoms with van der Waals surface area (Å²) in [4.78, 5) is 12.0. The number of carbonyl (C=O) groups excluding carboxylic acids is 1. The van der Waals surface area contributed by atoms with E-state index in [0.29, 0.717) is 6.54 Å². The van der Waals surface area contributed by atoms with Crippen LogP contribution in [0.2, 0.25) is 0 Å². The SMILES string of the molecule is O=C(Nc1cccc(Cn2cccn2)c1)NC1CCCNC1. The number of urea groups is 1. The standard InChI is InChI=1S/C16H21N5O/c22-16(20-15-6-2-7-17-11-15)19-14-5-1-4-13(10-14)12-21-9-3-8-18-21/h1,3-5,8-10,15,17H,2,6-7,11-12H2,(H2,19,20,22). The molecule has 0 bridgehead atoms. The van der Waals surface area contributed by atoms with E-state index in [1.165, 1.54) is 0 Å². The summed E-state index contributed by atoms with van der Waals surface area (Å²) < 4.78 is 1.85. The molecule has 0 spiro atoms. The molecule has 2 amide bonds. The summed E-state index contributed by atoms with van der Waals surface area (Å²) in [7, 11) is 0. The van der Waals surface area contributed by atoms with Crippen molar-refractivity contribution in [3.63, 3.8) is 0 Å². The molecule has 2 heterocycles. The predicted molar refractivity (Wildman–Crippen MR) is 85.8 cm³/mol. The summed E-state index contributed by atoms with van der Waals surface area (Å²) in [5, 5.41) is 13.4. The number of rotatable bonds is 4. The van der Waals surface area contributed by atoms with Gasteiger partial charge in [0.05, 0.1) is 6.54 Å². The Labute approximate surface area is 129 Å². The zero-order valence-corrected chi connectivity index (χ0v) is 12.5. The number of nitrogens with zero attached hydrogens (tertiary/aromatic N) is 2. The molecular weight excluding hydrogens is 278 g/mol. The van der Waals surface area contributed by atoms with Gasteiger partial charge in [-0.3, -0.25) is 4.68 Å². The molecule has 6 heteroatoms. The summed E-state index contributed by atoms with van der Waals surface area (Å²) in [6, 6.07) is 9.79. The van der Waals surface area contributed by atoms with Crippen LogP contribution in [0.4, 0.5) is 10.5 Å². The maximum Gasteiger partial charge on any atom is 0.319 e. The highest BCUT2D eigenvalue weighted by Gasteiger charge is 2.15. The Morgan fingerprint density at radius 1 is 1.41 bits per heavy atom. The third kappa shape index (κ3) is 4.08. The van der Waals surface area contributed by atoms with Crippen molar-refractivity contribution < 1.29 is 4.79 Å². The van der Waals surface area contributed by atoms with Crippen LogP contribution in [-0.4, -0.2) is 34.9 Å². The topological polar surface area (TPSA) is 71.0 Å². The van der Waals surface area contributed by atoms with Crippen molar-refractivity contribution in [2.24, 2.45) is 0 Å². The molecule has 0 saturated carbocycles. The monoisotopic (exact) mass is 299 g/mol. The molecule has 1 aromatic carbocycles. The van der Waals surface area contributed by atoms with Gasteiger partial charge in [-0.2, -0.15) is 5.10 Å². The largest absolute Gasteiger partial charge is 0.334 e. The van der Waals surface area contributed by atoms with E-state index in [9.17, 15) is 4.79 Å². The van der Waals surface area contributed by atoms with Crippen molar-refractivity contribution in [3.8, 4) is 0 Å². The zero-order valence-electron chi connectivity index (χ0n) is 12.5. The molecule has 2 aromatic rings. The average Bonchev–Trinajstić information content (AvgIpc) is 3.01. The molecule has 1 aliphatic heterocycles. The highest BCUT2D eigenvalue weighted by atomic mass is 16.2. The van der Waals surface area contributed by atoms with E-state index in [0.717, 1.165) is 37.2 Å². The molecule has 1 fully saturated rings. The lowest BCUT2D eigenvalue weighted by Gasteiger charge is -2.23. The first kappa shape index (κ1) is 14.6. The minimum atomic E-state index is -0.148. The predicted octanol–water partition coefficient (Wildman–Crippen LogP) is 1.80. The first-order chi connectivity index (χ1) is 10.8. The van der Waals surface area contributed by atoms with Crippen molar-refractivity contribution in [2.75, 3.05) is 18.4 Å². The first-order valence-electron chi connectivity index (χ1n) is 7.64. The second-order valence-corrected chi connectivity index (χ2v) is 5.55. The zero-order chi connectivity index (χ0) is 15.2. The molecule has 22 heavy (non-hydrogen) atoms. The lowest BCUT2D eigenvalue weighted by Crippen LogP contribution is -2.47. The quantitative estimate of drug-likeness (QED) is 0.806. The number of piperidine rings is 1. The summed E-state index contributed by atoms with van der Waals surface area (Å²) in [5.41, 5.74) is 1.90. The Balaban J connectivity index is 1.56. The Hall–Kier alpha value is -2.34. The van der Waals surface area contributed by atoms with Gasteiger partial charge in [-0.15, -0.1) is 0 Å². The van der Waals surface area contributed by atoms with Crippen LogP contribution in [0, 0.1) is 0 Å². The van der Waals surface area contributed by atoms with Crippen molar-refractivity contribution >= 4 is 11.7 Å². The Morgan fingerprint density at radius 3 is 3.14 bits per heavy atom. The van der Waals surface area contributed by atoms with Crippen LogP contribution >= 0.6 is 0 Å². The van der Waals surface area contributed by atoms with Crippen LogP contribution < -0.4 is 16.0 Å². The highest BCUT2D eigenvalue weighted by molar-refractivity contribution is 5.89. The van der Waals surface area contributed by atoms with Crippen molar-refractivity contribution in [1.29, 1.82) is 0 Å². The minimum Gasteiger partial charge on any atom is -0.334 e. The molecular formula is C16H21N5O. The summed E-state index contributed by atoms with van der Waals surface area (Å²) in [6.45, 7) is 2.57. The van der Waals surface area contributed by atoms with Gasteiger partial charge >= 0.3 is 6.03 Å². The molecule has 116 valence electrons. The Morgan fingerprint density at radius 2 is 2.36 bits per heavy atom. The van der Waals surface area contributed by atoms with Gasteiger partial charge in [0.25, 0.3) is 0 Å². The molecule has 3 N–H and O–H groups in total. The number of aromatic nitrogens is 2. The summed E-state index contributed by atoms with van der Waals surface area (Å²) >= 11 is 0. The number of anilines is 1. The molecule has 1 atom stereocenters. The average molecular weight is 299 g/mol. The van der Waals surface area contributed by atoms with Crippen LogP contribution in [0.15, 0.2) is 42.7 Å². The van der Waals surface area contributed by atoms with Gasteiger partial charge in [0.2, 0.25) is 0 Å². The number of nitrogens with one attached hydrogen (secondary N) is 3. The number of carbonyl (C=O) groups is 1. The maximum absolute atomic E-state index is 12.0. The number of hydrogen-bond acceptors (Lipinski definition) is 3. The molecule has 0 radical (unpaired) electrons. The van der Waals surface area contributed by atoms with E-state index < -0.39 is 0 Å². The summed E-state index contributed by atoms with van der Waals surface area (Å²) in [5.74, 6) is 0. The van der Waals surface area contributed by atoms with Crippen molar-refractivity contribution in [2.45, 2.75) is 25.4 Å². The third-order valence-corrected chi connectivity index (χ3v) is 3.72. The van der Waals surface area contributed by atoms with E-state index >= 15 is 0 Å². The smallest absolute Gasteiger partial charge is 0.319 e. The molecule has 1 aromatic heterocycles. The lowest BCUT2D eigenvalue weighted by atomic mass is 10.1. The molecule has 1 unspecified atom stereocenters. The van der Waals surface area contributed by atoms with Gasteiger partial charge in [0.1, 0.15) is 0 Å².